The molecule has 0 saturated carbocycles. The number of aromatic nitrogens is 2. The minimum atomic E-state index is -4.66. The molecule has 2 aliphatic rings. The third-order valence-electron chi connectivity index (χ3n) is 6.12. The summed E-state index contributed by atoms with van der Waals surface area (Å²) in [6.07, 6.45) is -3.72. The first-order valence-electron chi connectivity index (χ1n) is 10.4. The van der Waals surface area contributed by atoms with Crippen molar-refractivity contribution in [2.75, 3.05) is 25.2 Å². The van der Waals surface area contributed by atoms with E-state index < -0.39 is 12.0 Å². The van der Waals surface area contributed by atoms with Crippen molar-refractivity contribution in [1.82, 2.24) is 14.9 Å². The van der Waals surface area contributed by atoms with Crippen LogP contribution >= 0.6 is 0 Å². The van der Waals surface area contributed by atoms with E-state index in [4.69, 9.17) is 9.47 Å². The number of benzene rings is 2. The average Bonchev–Trinajstić information content (AvgIpc) is 3.22. The monoisotopic (exact) mass is 444 g/mol. The highest BCUT2D eigenvalue weighted by Gasteiger charge is 2.36. The number of hydrogen-bond acceptors (Lipinski definition) is 6. The Bertz CT molecular complexity index is 1180. The summed E-state index contributed by atoms with van der Waals surface area (Å²) < 4.78 is 51.1. The zero-order valence-corrected chi connectivity index (χ0v) is 17.8. The lowest BCUT2D eigenvalue weighted by atomic mass is 9.94. The van der Waals surface area contributed by atoms with Crippen molar-refractivity contribution in [3.63, 3.8) is 0 Å². The Morgan fingerprint density at radius 2 is 1.75 bits per heavy atom. The molecule has 32 heavy (non-hydrogen) atoms. The van der Waals surface area contributed by atoms with Gasteiger partial charge in [0.25, 0.3) is 0 Å². The molecule has 2 aliphatic heterocycles. The van der Waals surface area contributed by atoms with Gasteiger partial charge in [-0.25, -0.2) is 9.97 Å². The second kappa shape index (κ2) is 7.51. The summed E-state index contributed by atoms with van der Waals surface area (Å²) in [7, 11) is 0. The van der Waals surface area contributed by atoms with Crippen LogP contribution in [0.1, 0.15) is 30.8 Å². The predicted molar refractivity (Wildman–Crippen MR) is 114 cm³/mol. The van der Waals surface area contributed by atoms with Gasteiger partial charge in [0.1, 0.15) is 5.82 Å². The fourth-order valence-corrected chi connectivity index (χ4v) is 4.20. The van der Waals surface area contributed by atoms with Crippen LogP contribution in [-0.2, 0) is 19.1 Å². The molecule has 0 unspecified atom stereocenters. The molecule has 9 heteroatoms. The highest BCUT2D eigenvalue weighted by Crippen LogP contribution is 2.39. The molecule has 1 N–H and O–H groups in total. The van der Waals surface area contributed by atoms with E-state index in [0.717, 1.165) is 19.5 Å². The largest absolute Gasteiger partial charge is 0.454 e. The number of nitrogens with one attached hydrogen (secondary N) is 1. The first-order valence-corrected chi connectivity index (χ1v) is 10.4. The van der Waals surface area contributed by atoms with Gasteiger partial charge in [0.05, 0.1) is 5.52 Å². The van der Waals surface area contributed by atoms with E-state index in [1.54, 1.807) is 6.07 Å². The van der Waals surface area contributed by atoms with Crippen LogP contribution in [0.2, 0.25) is 0 Å². The van der Waals surface area contributed by atoms with Gasteiger partial charge in [0, 0.05) is 36.6 Å². The van der Waals surface area contributed by atoms with Crippen LogP contribution in [0.25, 0.3) is 10.9 Å². The van der Waals surface area contributed by atoms with Crippen molar-refractivity contribution in [3.05, 3.63) is 53.3 Å². The zero-order valence-electron chi connectivity index (χ0n) is 17.8. The van der Waals surface area contributed by atoms with Crippen LogP contribution in [0.15, 0.2) is 36.4 Å². The Morgan fingerprint density at radius 1 is 1.03 bits per heavy atom. The first kappa shape index (κ1) is 20.8. The van der Waals surface area contributed by atoms with E-state index in [0.29, 0.717) is 23.4 Å². The first-order chi connectivity index (χ1) is 15.2. The van der Waals surface area contributed by atoms with Gasteiger partial charge in [0.2, 0.25) is 12.6 Å². The van der Waals surface area contributed by atoms with Gasteiger partial charge in [0.15, 0.2) is 11.5 Å². The number of rotatable bonds is 4. The second-order valence-corrected chi connectivity index (χ2v) is 8.72. The molecular weight excluding hydrogens is 421 g/mol. The fourth-order valence-electron chi connectivity index (χ4n) is 4.20. The standard InChI is InChI=1S/C23H23F3N4O2/c1-22(2,30-8-7-14-5-3-4-6-15(14)11-30)12-27-20-16-9-18-19(32-13-31-18)10-17(16)28-21(29-20)23(24,25)26/h3-6,9-10H,7-8,11-13H2,1-2H3,(H,27,28,29). The summed E-state index contributed by atoms with van der Waals surface area (Å²) in [6.45, 7) is 6.27. The minimum absolute atomic E-state index is 0.0252. The summed E-state index contributed by atoms with van der Waals surface area (Å²) in [5.41, 5.74) is 2.47. The summed E-state index contributed by atoms with van der Waals surface area (Å²) in [4.78, 5) is 9.88. The molecule has 0 aliphatic carbocycles. The van der Waals surface area contributed by atoms with Crippen molar-refractivity contribution < 1.29 is 22.6 Å². The molecule has 0 saturated heterocycles. The lowest BCUT2D eigenvalue weighted by Crippen LogP contribution is -2.50. The lowest BCUT2D eigenvalue weighted by Gasteiger charge is -2.41. The molecule has 0 fully saturated rings. The third-order valence-corrected chi connectivity index (χ3v) is 6.12. The second-order valence-electron chi connectivity index (χ2n) is 8.72. The number of alkyl halides is 3. The highest BCUT2D eigenvalue weighted by atomic mass is 19.4. The van der Waals surface area contributed by atoms with Crippen molar-refractivity contribution in [2.45, 2.75) is 38.5 Å². The van der Waals surface area contributed by atoms with Gasteiger partial charge in [-0.3, -0.25) is 4.90 Å². The van der Waals surface area contributed by atoms with Gasteiger partial charge in [-0.05, 0) is 37.5 Å². The van der Waals surface area contributed by atoms with E-state index in [1.165, 1.54) is 17.2 Å². The van der Waals surface area contributed by atoms with Gasteiger partial charge in [-0.2, -0.15) is 13.2 Å². The van der Waals surface area contributed by atoms with E-state index in [2.05, 4.69) is 46.2 Å². The molecule has 0 atom stereocenters. The summed E-state index contributed by atoms with van der Waals surface area (Å²) >= 11 is 0. The van der Waals surface area contributed by atoms with Crippen molar-refractivity contribution in [1.29, 1.82) is 0 Å². The van der Waals surface area contributed by atoms with Crippen LogP contribution in [0.3, 0.4) is 0 Å². The van der Waals surface area contributed by atoms with Crippen molar-refractivity contribution >= 4 is 16.7 Å². The Kier molecular flexibility index (Phi) is 4.88. The molecular formula is C23H23F3N4O2. The van der Waals surface area contributed by atoms with Gasteiger partial charge in [-0.15, -0.1) is 0 Å². The smallest absolute Gasteiger partial charge is 0.451 e. The van der Waals surface area contributed by atoms with E-state index in [1.807, 2.05) is 12.1 Å². The number of nitrogens with zero attached hydrogens (tertiary/aromatic N) is 3. The van der Waals surface area contributed by atoms with Crippen molar-refractivity contribution in [3.8, 4) is 11.5 Å². The molecule has 0 radical (unpaired) electrons. The maximum absolute atomic E-state index is 13.5. The van der Waals surface area contributed by atoms with Gasteiger partial charge in [-0.1, -0.05) is 24.3 Å². The molecule has 3 heterocycles. The van der Waals surface area contributed by atoms with Crippen molar-refractivity contribution in [2.24, 2.45) is 0 Å². The molecule has 0 amide bonds. The van der Waals surface area contributed by atoms with Crippen LogP contribution in [-0.4, -0.2) is 40.3 Å². The molecule has 0 bridgehead atoms. The number of anilines is 1. The molecule has 6 nitrogen and oxygen atoms in total. The maximum Gasteiger partial charge on any atom is 0.451 e. The third kappa shape index (κ3) is 3.81. The Balaban J connectivity index is 1.44. The number of halogens is 3. The highest BCUT2D eigenvalue weighted by molar-refractivity contribution is 5.92. The number of fused-ring (bicyclic) bond motifs is 3. The Morgan fingerprint density at radius 3 is 2.50 bits per heavy atom. The maximum atomic E-state index is 13.5. The molecule has 168 valence electrons. The van der Waals surface area contributed by atoms with Gasteiger partial charge >= 0.3 is 6.18 Å². The zero-order chi connectivity index (χ0) is 22.5. The molecule has 5 rings (SSSR count). The topological polar surface area (TPSA) is 59.5 Å². The van der Waals surface area contributed by atoms with Crippen LogP contribution in [0, 0.1) is 0 Å². The van der Waals surface area contributed by atoms with E-state index in [9.17, 15) is 13.2 Å². The Labute approximate surface area is 183 Å². The molecule has 3 aromatic rings. The lowest BCUT2D eigenvalue weighted by molar-refractivity contribution is -0.144. The Hall–Kier alpha value is -3.07. The quantitative estimate of drug-likeness (QED) is 0.634. The number of ether oxygens (including phenoxy) is 2. The average molecular weight is 444 g/mol. The van der Waals surface area contributed by atoms with E-state index >= 15 is 0 Å². The number of hydrogen-bond donors (Lipinski definition) is 1. The van der Waals surface area contributed by atoms with Crippen LogP contribution in [0.4, 0.5) is 19.0 Å². The van der Waals surface area contributed by atoms with E-state index in [-0.39, 0.29) is 23.7 Å². The minimum Gasteiger partial charge on any atom is -0.454 e. The molecule has 0 spiro atoms. The summed E-state index contributed by atoms with van der Waals surface area (Å²) in [5, 5.41) is 3.62. The molecule has 1 aromatic heterocycles. The SMILES string of the molecule is CC(C)(CNc1nc(C(F)(F)F)nc2cc3c(cc12)OCO3)N1CCc2ccccc2C1. The van der Waals surface area contributed by atoms with Gasteiger partial charge < -0.3 is 14.8 Å². The van der Waals surface area contributed by atoms with Crippen LogP contribution < -0.4 is 14.8 Å². The van der Waals surface area contributed by atoms with Crippen LogP contribution in [0.5, 0.6) is 11.5 Å². The predicted octanol–water partition coefficient (Wildman–Crippen LogP) is 4.63. The summed E-state index contributed by atoms with van der Waals surface area (Å²) in [6, 6.07) is 11.4. The normalized spacial score (nSPS) is 16.3. The molecule has 2 aromatic carbocycles. The fraction of sp³-hybridized carbons (Fsp3) is 0.391. The summed E-state index contributed by atoms with van der Waals surface area (Å²) in [5.74, 6) is -0.208.